The van der Waals surface area contributed by atoms with Gasteiger partial charge in [0.15, 0.2) is 5.15 Å². The zero-order valence-electron chi connectivity index (χ0n) is 10.5. The molecule has 2 aromatic rings. The highest BCUT2D eigenvalue weighted by Crippen LogP contribution is 2.45. The van der Waals surface area contributed by atoms with Gasteiger partial charge in [-0.05, 0) is 47.7 Å². The third-order valence-corrected chi connectivity index (χ3v) is 3.41. The maximum Gasteiger partial charge on any atom is 0.411 e. The summed E-state index contributed by atoms with van der Waals surface area (Å²) in [7, 11) is 0. The molecule has 1 aromatic heterocycles. The van der Waals surface area contributed by atoms with Gasteiger partial charge in [-0.2, -0.15) is 0 Å². The van der Waals surface area contributed by atoms with Crippen molar-refractivity contribution in [2.75, 3.05) is 0 Å². The summed E-state index contributed by atoms with van der Waals surface area (Å²) in [6.45, 7) is 1.97. The molecule has 0 aliphatic heterocycles. The molecule has 0 N–H and O–H groups in total. The van der Waals surface area contributed by atoms with Gasteiger partial charge in [-0.1, -0.05) is 29.8 Å². The number of para-hydroxylation sites is 1. The molecule has 4 nitrogen and oxygen atoms in total. The number of nitrogens with zero attached hydrogens (tertiary/aromatic N) is 2. The lowest BCUT2D eigenvalue weighted by atomic mass is 10.1. The predicted molar refractivity (Wildman–Crippen MR) is 71.4 cm³/mol. The van der Waals surface area contributed by atoms with Gasteiger partial charge in [0.05, 0.1) is 6.07 Å². The van der Waals surface area contributed by atoms with E-state index in [9.17, 15) is 5.21 Å². The van der Waals surface area contributed by atoms with E-state index in [2.05, 4.69) is 11.2 Å². The third-order valence-electron chi connectivity index (χ3n) is 3.20. The molecule has 0 saturated heterocycles. The van der Waals surface area contributed by atoms with E-state index in [0.717, 1.165) is 16.9 Å². The summed E-state index contributed by atoms with van der Waals surface area (Å²) in [6.07, 6.45) is 2.35. The van der Waals surface area contributed by atoms with Crippen LogP contribution in [-0.2, 0) is 0 Å². The van der Waals surface area contributed by atoms with Crippen LogP contribution in [0.1, 0.15) is 29.9 Å². The van der Waals surface area contributed by atoms with Crippen molar-refractivity contribution in [3.63, 3.8) is 0 Å². The van der Waals surface area contributed by atoms with Crippen molar-refractivity contribution < 1.29 is 9.58 Å². The van der Waals surface area contributed by atoms with Crippen LogP contribution < -0.4 is 9.58 Å². The van der Waals surface area contributed by atoms with Crippen LogP contribution in [-0.4, -0.2) is 5.10 Å². The van der Waals surface area contributed by atoms with Gasteiger partial charge in [0.1, 0.15) is 5.75 Å². The summed E-state index contributed by atoms with van der Waals surface area (Å²) < 4.78 is 5.76. The molecule has 19 heavy (non-hydrogen) atoms. The maximum atomic E-state index is 11.6. The minimum atomic E-state index is 0.139. The van der Waals surface area contributed by atoms with Crippen molar-refractivity contribution >= 4 is 11.6 Å². The average molecular weight is 277 g/mol. The second-order valence-corrected chi connectivity index (χ2v) is 5.12. The summed E-state index contributed by atoms with van der Waals surface area (Å²) >= 11 is 5.66. The molecule has 98 valence electrons. The molecule has 0 spiro atoms. The highest BCUT2D eigenvalue weighted by atomic mass is 35.5. The van der Waals surface area contributed by atoms with Crippen LogP contribution in [0.4, 0.5) is 0 Å². The standard InChI is InChI=1S/C14H13ClN2O2/c1-9-3-2-4-11(10-5-6-10)14(9)19-13-8-7-12(15)16-17(13)18/h2-4,7-8,10H,5-6H2,1H3. The monoisotopic (exact) mass is 276 g/mol. The Morgan fingerprint density at radius 2 is 2.11 bits per heavy atom. The fourth-order valence-electron chi connectivity index (χ4n) is 2.08. The summed E-state index contributed by atoms with van der Waals surface area (Å²) in [6, 6.07) is 9.12. The Bertz CT molecular complexity index is 627. The average Bonchev–Trinajstić information content (AvgIpc) is 3.19. The van der Waals surface area contributed by atoms with Crippen LogP contribution in [0.25, 0.3) is 0 Å². The quantitative estimate of drug-likeness (QED) is 0.638. The smallest absolute Gasteiger partial charge is 0.411 e. The Morgan fingerprint density at radius 3 is 2.79 bits per heavy atom. The lowest BCUT2D eigenvalue weighted by Gasteiger charge is -2.11. The normalized spacial score (nSPS) is 14.4. The zero-order chi connectivity index (χ0) is 13.4. The number of hydrogen-bond acceptors (Lipinski definition) is 3. The van der Waals surface area contributed by atoms with Gasteiger partial charge < -0.3 is 9.94 Å². The van der Waals surface area contributed by atoms with Crippen molar-refractivity contribution in [3.05, 3.63) is 51.8 Å². The van der Waals surface area contributed by atoms with E-state index in [-0.39, 0.29) is 11.0 Å². The van der Waals surface area contributed by atoms with Gasteiger partial charge in [-0.3, -0.25) is 0 Å². The van der Waals surface area contributed by atoms with Crippen LogP contribution in [0.2, 0.25) is 5.15 Å². The van der Waals surface area contributed by atoms with Gasteiger partial charge in [-0.15, -0.1) is 0 Å². The van der Waals surface area contributed by atoms with Crippen LogP contribution in [0, 0.1) is 12.1 Å². The van der Waals surface area contributed by atoms with E-state index in [1.165, 1.54) is 18.9 Å². The lowest BCUT2D eigenvalue weighted by Crippen LogP contribution is -2.32. The number of halogens is 1. The predicted octanol–water partition coefficient (Wildman–Crippen LogP) is 3.35. The fraction of sp³-hybridized carbons (Fsp3) is 0.286. The van der Waals surface area contributed by atoms with Crippen LogP contribution in [0.3, 0.4) is 0 Å². The van der Waals surface area contributed by atoms with Crippen LogP contribution >= 0.6 is 11.6 Å². The third kappa shape index (κ3) is 2.49. The summed E-state index contributed by atoms with van der Waals surface area (Å²) in [5.41, 5.74) is 2.18. The molecule has 1 fully saturated rings. The van der Waals surface area contributed by atoms with Gasteiger partial charge in [0.25, 0.3) is 0 Å². The van der Waals surface area contributed by atoms with Gasteiger partial charge in [0, 0.05) is 5.10 Å². The first-order valence-electron chi connectivity index (χ1n) is 6.19. The Kier molecular flexibility index (Phi) is 3.03. The number of aromatic nitrogens is 2. The number of benzene rings is 1. The number of aryl methyl sites for hydroxylation is 1. The SMILES string of the molecule is Cc1cccc(C2CC2)c1Oc1ccc(Cl)n[n+]1[O-]. The number of rotatable bonds is 3. The summed E-state index contributed by atoms with van der Waals surface area (Å²) in [4.78, 5) is 0.408. The van der Waals surface area contributed by atoms with Crippen molar-refractivity contribution in [2.45, 2.75) is 25.7 Å². The Balaban J connectivity index is 1.98. The van der Waals surface area contributed by atoms with Crippen molar-refractivity contribution in [2.24, 2.45) is 0 Å². The van der Waals surface area contributed by atoms with E-state index in [1.54, 1.807) is 6.07 Å². The molecular formula is C14H13ClN2O2. The molecule has 1 aliphatic rings. The summed E-state index contributed by atoms with van der Waals surface area (Å²) in [5, 5.41) is 15.4. The topological polar surface area (TPSA) is 49.1 Å². The molecule has 0 radical (unpaired) electrons. The minimum absolute atomic E-state index is 0.139. The highest BCUT2D eigenvalue weighted by Gasteiger charge is 2.28. The summed E-state index contributed by atoms with van der Waals surface area (Å²) in [5.74, 6) is 1.45. The van der Waals surface area contributed by atoms with Crippen molar-refractivity contribution in [1.29, 1.82) is 0 Å². The molecule has 0 atom stereocenters. The Morgan fingerprint density at radius 1 is 1.32 bits per heavy atom. The first kappa shape index (κ1) is 12.2. The second-order valence-electron chi connectivity index (χ2n) is 4.74. The van der Waals surface area contributed by atoms with E-state index in [0.29, 0.717) is 10.8 Å². The molecule has 0 unspecified atom stereocenters. The van der Waals surface area contributed by atoms with Gasteiger partial charge >= 0.3 is 5.88 Å². The van der Waals surface area contributed by atoms with E-state index in [1.807, 2.05) is 19.1 Å². The molecule has 5 heteroatoms. The second kappa shape index (κ2) is 4.70. The molecule has 1 saturated carbocycles. The van der Waals surface area contributed by atoms with E-state index >= 15 is 0 Å². The maximum absolute atomic E-state index is 11.6. The van der Waals surface area contributed by atoms with Gasteiger partial charge in [-0.25, -0.2) is 0 Å². The molecule has 1 aromatic carbocycles. The largest absolute Gasteiger partial charge is 0.591 e. The van der Waals surface area contributed by atoms with E-state index < -0.39 is 0 Å². The molecule has 3 rings (SSSR count). The minimum Gasteiger partial charge on any atom is -0.591 e. The first-order chi connectivity index (χ1) is 9.15. The molecule has 0 amide bonds. The molecule has 0 bridgehead atoms. The molecule has 1 heterocycles. The van der Waals surface area contributed by atoms with Crippen molar-refractivity contribution in [3.8, 4) is 11.6 Å². The lowest BCUT2D eigenvalue weighted by molar-refractivity contribution is -0.673. The Hall–Kier alpha value is -1.81. The van der Waals surface area contributed by atoms with Crippen LogP contribution in [0.5, 0.6) is 11.6 Å². The number of ether oxygens (including phenoxy) is 1. The fourth-order valence-corrected chi connectivity index (χ4v) is 2.21. The Labute approximate surface area is 116 Å². The highest BCUT2D eigenvalue weighted by molar-refractivity contribution is 6.29. The van der Waals surface area contributed by atoms with E-state index in [4.69, 9.17) is 16.3 Å². The molecule has 1 aliphatic carbocycles. The number of hydrogen-bond donors (Lipinski definition) is 0. The van der Waals surface area contributed by atoms with Crippen LogP contribution in [0.15, 0.2) is 30.3 Å². The molecular weight excluding hydrogens is 264 g/mol. The first-order valence-corrected chi connectivity index (χ1v) is 6.56. The zero-order valence-corrected chi connectivity index (χ0v) is 11.2. The van der Waals surface area contributed by atoms with Gasteiger partial charge in [0.2, 0.25) is 0 Å². The van der Waals surface area contributed by atoms with Crippen molar-refractivity contribution in [1.82, 2.24) is 5.10 Å².